The first-order valence-corrected chi connectivity index (χ1v) is 9.01. The van der Waals surface area contributed by atoms with E-state index in [1.54, 1.807) is 10.9 Å². The van der Waals surface area contributed by atoms with Gasteiger partial charge in [-0.05, 0) is 26.1 Å². The lowest BCUT2D eigenvalue weighted by molar-refractivity contribution is 0.0664. The smallest absolute Gasteiger partial charge is 0.257 e. The third-order valence-electron chi connectivity index (χ3n) is 4.83. The van der Waals surface area contributed by atoms with E-state index in [-0.39, 0.29) is 5.91 Å². The van der Waals surface area contributed by atoms with Crippen LogP contribution in [0.4, 0.5) is 0 Å². The summed E-state index contributed by atoms with van der Waals surface area (Å²) in [5.41, 5.74) is 2.77. The lowest BCUT2D eigenvalue weighted by atomic mass is 10.1. The van der Waals surface area contributed by atoms with E-state index in [0.29, 0.717) is 29.3 Å². The molecule has 0 unspecified atom stereocenters. The Bertz CT molecular complexity index is 961. The van der Waals surface area contributed by atoms with Crippen LogP contribution in [0.15, 0.2) is 36.5 Å². The van der Waals surface area contributed by atoms with Gasteiger partial charge in [0.05, 0.1) is 27.4 Å². The van der Waals surface area contributed by atoms with Gasteiger partial charge in [0, 0.05) is 32.4 Å². The van der Waals surface area contributed by atoms with Crippen molar-refractivity contribution in [1.82, 2.24) is 24.6 Å². The summed E-state index contributed by atoms with van der Waals surface area (Å²) in [6.45, 7) is 5.02. The lowest BCUT2D eigenvalue weighted by Gasteiger charge is -2.32. The quantitative estimate of drug-likeness (QED) is 0.697. The summed E-state index contributed by atoms with van der Waals surface area (Å²) in [4.78, 5) is 21.5. The maximum absolute atomic E-state index is 12.9. The predicted molar refractivity (Wildman–Crippen MR) is 102 cm³/mol. The second-order valence-electron chi connectivity index (χ2n) is 6.61. The minimum atomic E-state index is -0.0654. The van der Waals surface area contributed by atoms with Crippen molar-refractivity contribution >= 4 is 28.5 Å². The highest BCUT2D eigenvalue weighted by Crippen LogP contribution is 2.30. The van der Waals surface area contributed by atoms with Crippen LogP contribution in [0.2, 0.25) is 5.02 Å². The number of para-hydroxylation sites is 1. The number of benzene rings is 1. The van der Waals surface area contributed by atoms with Gasteiger partial charge in [-0.25, -0.2) is 9.67 Å². The van der Waals surface area contributed by atoms with Crippen molar-refractivity contribution in [3.63, 3.8) is 0 Å². The molecule has 1 aliphatic rings. The van der Waals surface area contributed by atoms with E-state index in [0.717, 1.165) is 29.9 Å². The summed E-state index contributed by atoms with van der Waals surface area (Å²) in [5.74, 6) is -0.0654. The first kappa shape index (κ1) is 17.0. The average molecular weight is 370 g/mol. The van der Waals surface area contributed by atoms with Gasteiger partial charge in [0.15, 0.2) is 5.65 Å². The van der Waals surface area contributed by atoms with Gasteiger partial charge < -0.3 is 9.80 Å². The van der Waals surface area contributed by atoms with E-state index < -0.39 is 0 Å². The molecule has 0 radical (unpaired) electrons. The van der Waals surface area contributed by atoms with E-state index >= 15 is 0 Å². The van der Waals surface area contributed by atoms with Crippen molar-refractivity contribution in [1.29, 1.82) is 0 Å². The van der Waals surface area contributed by atoms with Crippen LogP contribution in [0, 0.1) is 6.92 Å². The third-order valence-corrected chi connectivity index (χ3v) is 5.22. The monoisotopic (exact) mass is 369 g/mol. The Morgan fingerprint density at radius 3 is 2.50 bits per heavy atom. The van der Waals surface area contributed by atoms with Crippen LogP contribution in [0.25, 0.3) is 16.7 Å². The molecule has 1 amide bonds. The number of aromatic nitrogens is 3. The SMILES string of the molecule is Cc1nn(-c2ccccc2)c2ncc(C(=O)N3CCN(C)CC3)c(Cl)c12. The summed E-state index contributed by atoms with van der Waals surface area (Å²) in [5, 5.41) is 5.74. The Morgan fingerprint density at radius 1 is 1.12 bits per heavy atom. The molecule has 0 spiro atoms. The number of piperazine rings is 1. The van der Waals surface area contributed by atoms with E-state index in [9.17, 15) is 4.79 Å². The molecule has 1 saturated heterocycles. The number of halogens is 1. The van der Waals surface area contributed by atoms with Gasteiger partial charge in [0.1, 0.15) is 0 Å². The first-order valence-electron chi connectivity index (χ1n) is 8.63. The van der Waals surface area contributed by atoms with Crippen LogP contribution in [-0.2, 0) is 0 Å². The maximum atomic E-state index is 12.9. The Balaban J connectivity index is 1.76. The highest BCUT2D eigenvalue weighted by atomic mass is 35.5. The van der Waals surface area contributed by atoms with Crippen molar-refractivity contribution in [2.24, 2.45) is 0 Å². The molecule has 7 heteroatoms. The van der Waals surface area contributed by atoms with Gasteiger partial charge in [-0.15, -0.1) is 0 Å². The number of carbonyl (C=O) groups excluding carboxylic acids is 1. The van der Waals surface area contributed by atoms with Crippen LogP contribution >= 0.6 is 11.6 Å². The summed E-state index contributed by atoms with van der Waals surface area (Å²) in [6, 6.07) is 9.78. The summed E-state index contributed by atoms with van der Waals surface area (Å²) >= 11 is 6.64. The molecule has 0 atom stereocenters. The number of rotatable bonds is 2. The zero-order valence-corrected chi connectivity index (χ0v) is 15.6. The molecule has 2 aromatic heterocycles. The minimum Gasteiger partial charge on any atom is -0.336 e. The van der Waals surface area contributed by atoms with Crippen LogP contribution in [-0.4, -0.2) is 63.7 Å². The largest absolute Gasteiger partial charge is 0.336 e. The molecule has 0 aliphatic carbocycles. The zero-order chi connectivity index (χ0) is 18.3. The second-order valence-corrected chi connectivity index (χ2v) is 6.99. The first-order chi connectivity index (χ1) is 12.6. The Labute approximate surface area is 157 Å². The maximum Gasteiger partial charge on any atom is 0.257 e. The van der Waals surface area contributed by atoms with E-state index in [1.807, 2.05) is 42.2 Å². The number of nitrogens with zero attached hydrogens (tertiary/aromatic N) is 5. The molecule has 134 valence electrons. The van der Waals surface area contributed by atoms with E-state index in [4.69, 9.17) is 11.6 Å². The number of carbonyl (C=O) groups is 1. The molecule has 0 bridgehead atoms. The molecule has 1 fully saturated rings. The molecular weight excluding hydrogens is 350 g/mol. The topological polar surface area (TPSA) is 54.3 Å². The second kappa shape index (κ2) is 6.70. The molecule has 0 saturated carbocycles. The fourth-order valence-electron chi connectivity index (χ4n) is 3.29. The Morgan fingerprint density at radius 2 is 1.81 bits per heavy atom. The fourth-order valence-corrected chi connectivity index (χ4v) is 3.64. The zero-order valence-electron chi connectivity index (χ0n) is 14.8. The normalized spacial score (nSPS) is 15.6. The van der Waals surface area contributed by atoms with Gasteiger partial charge in [0.25, 0.3) is 5.91 Å². The van der Waals surface area contributed by atoms with E-state index in [2.05, 4.69) is 22.0 Å². The summed E-state index contributed by atoms with van der Waals surface area (Å²) in [7, 11) is 2.06. The van der Waals surface area contributed by atoms with E-state index in [1.165, 1.54) is 0 Å². The number of fused-ring (bicyclic) bond motifs is 1. The predicted octanol–water partition coefficient (Wildman–Crippen LogP) is 2.77. The minimum absolute atomic E-state index is 0.0654. The molecule has 1 aromatic carbocycles. The molecule has 4 rings (SSSR count). The van der Waals surface area contributed by atoms with Crippen LogP contribution in [0.3, 0.4) is 0 Å². The molecule has 6 nitrogen and oxygen atoms in total. The van der Waals surface area contributed by atoms with Crippen LogP contribution in [0.5, 0.6) is 0 Å². The van der Waals surface area contributed by atoms with Crippen molar-refractivity contribution < 1.29 is 4.79 Å². The fraction of sp³-hybridized carbons (Fsp3) is 0.316. The molecule has 1 aliphatic heterocycles. The summed E-state index contributed by atoms with van der Waals surface area (Å²) in [6.07, 6.45) is 1.58. The molecule has 0 N–H and O–H groups in total. The molecular formula is C19H20ClN5O. The highest BCUT2D eigenvalue weighted by Gasteiger charge is 2.25. The number of amides is 1. The molecule has 3 aromatic rings. The van der Waals surface area contributed by atoms with Gasteiger partial charge in [-0.1, -0.05) is 29.8 Å². The van der Waals surface area contributed by atoms with Gasteiger partial charge in [-0.3, -0.25) is 4.79 Å². The van der Waals surface area contributed by atoms with Crippen LogP contribution in [0.1, 0.15) is 16.1 Å². The van der Waals surface area contributed by atoms with Crippen LogP contribution < -0.4 is 0 Å². The standard InChI is InChI=1S/C19H20ClN5O/c1-13-16-17(20)15(19(26)24-10-8-23(2)9-11-24)12-21-18(16)25(22-13)14-6-4-3-5-7-14/h3-7,12H,8-11H2,1-2H3. The lowest BCUT2D eigenvalue weighted by Crippen LogP contribution is -2.47. The number of hydrogen-bond donors (Lipinski definition) is 0. The summed E-state index contributed by atoms with van der Waals surface area (Å²) < 4.78 is 1.76. The van der Waals surface area contributed by atoms with Crippen molar-refractivity contribution in [2.45, 2.75) is 6.92 Å². The third kappa shape index (κ3) is 2.85. The van der Waals surface area contributed by atoms with Gasteiger partial charge in [-0.2, -0.15) is 5.10 Å². The molecule has 26 heavy (non-hydrogen) atoms. The van der Waals surface area contributed by atoms with Crippen molar-refractivity contribution in [3.05, 3.63) is 52.8 Å². The van der Waals surface area contributed by atoms with Gasteiger partial charge >= 0.3 is 0 Å². The van der Waals surface area contributed by atoms with Crippen molar-refractivity contribution in [3.8, 4) is 5.69 Å². The Kier molecular flexibility index (Phi) is 4.38. The number of pyridine rings is 1. The molecule has 3 heterocycles. The average Bonchev–Trinajstić information content (AvgIpc) is 3.00. The number of aryl methyl sites for hydroxylation is 1. The number of hydrogen-bond acceptors (Lipinski definition) is 4. The van der Waals surface area contributed by atoms with Crippen molar-refractivity contribution in [2.75, 3.05) is 33.2 Å². The highest BCUT2D eigenvalue weighted by molar-refractivity contribution is 6.38. The number of likely N-dealkylation sites (N-methyl/N-ethyl adjacent to an activating group) is 1. The van der Waals surface area contributed by atoms with Gasteiger partial charge in [0.2, 0.25) is 0 Å². The Hall–Kier alpha value is -2.44.